The molecule has 4 nitrogen and oxygen atoms in total. The highest BCUT2D eigenvalue weighted by Gasteiger charge is 2.33. The zero-order valence-electron chi connectivity index (χ0n) is 9.26. The van der Waals surface area contributed by atoms with Crippen molar-refractivity contribution in [3.8, 4) is 0 Å². The van der Waals surface area contributed by atoms with Gasteiger partial charge in [0, 0.05) is 12.1 Å². The van der Waals surface area contributed by atoms with E-state index >= 15 is 0 Å². The molecule has 1 aromatic rings. The number of carbonyl (C=O) groups is 1. The van der Waals surface area contributed by atoms with Gasteiger partial charge in [0.1, 0.15) is 11.6 Å². The van der Waals surface area contributed by atoms with E-state index in [0.717, 1.165) is 12.5 Å². The minimum absolute atomic E-state index is 0.130. The number of hydrogen-bond acceptors (Lipinski definition) is 2. The van der Waals surface area contributed by atoms with Gasteiger partial charge >= 0.3 is 6.03 Å². The van der Waals surface area contributed by atoms with E-state index in [0.29, 0.717) is 12.0 Å². The number of rotatable bonds is 2. The number of nitrogens with two attached hydrogens (primary N) is 1. The Morgan fingerprint density at radius 3 is 2.65 bits per heavy atom. The minimum Gasteiger partial charge on any atom is -0.396 e. The van der Waals surface area contributed by atoms with E-state index in [1.165, 1.54) is 0 Å². The van der Waals surface area contributed by atoms with E-state index < -0.39 is 17.7 Å². The summed E-state index contributed by atoms with van der Waals surface area (Å²) in [5.41, 5.74) is 4.95. The predicted octanol–water partition coefficient (Wildman–Crippen LogP) is 2.08. The highest BCUT2D eigenvalue weighted by Crippen LogP contribution is 2.29. The summed E-state index contributed by atoms with van der Waals surface area (Å²) in [6.07, 6.45) is 0.918. The lowest BCUT2D eigenvalue weighted by Gasteiger charge is -2.09. The van der Waals surface area contributed by atoms with Crippen molar-refractivity contribution in [3.05, 3.63) is 23.8 Å². The molecule has 1 aliphatic carbocycles. The molecule has 2 unspecified atom stereocenters. The van der Waals surface area contributed by atoms with Crippen LogP contribution in [0.4, 0.5) is 25.0 Å². The fourth-order valence-electron chi connectivity index (χ4n) is 1.51. The van der Waals surface area contributed by atoms with E-state index in [9.17, 15) is 13.6 Å². The lowest BCUT2D eigenvalue weighted by atomic mass is 10.2. The van der Waals surface area contributed by atoms with Crippen LogP contribution in [-0.2, 0) is 0 Å². The van der Waals surface area contributed by atoms with E-state index in [1.54, 1.807) is 0 Å². The van der Waals surface area contributed by atoms with Gasteiger partial charge < -0.3 is 16.4 Å². The Morgan fingerprint density at radius 2 is 2.06 bits per heavy atom. The molecule has 1 fully saturated rings. The van der Waals surface area contributed by atoms with Crippen molar-refractivity contribution in [2.24, 2.45) is 5.92 Å². The van der Waals surface area contributed by atoms with Gasteiger partial charge in [-0.3, -0.25) is 0 Å². The summed E-state index contributed by atoms with van der Waals surface area (Å²) in [4.78, 5) is 11.4. The van der Waals surface area contributed by atoms with Crippen molar-refractivity contribution in [3.63, 3.8) is 0 Å². The smallest absolute Gasteiger partial charge is 0.319 e. The first-order valence-corrected chi connectivity index (χ1v) is 5.29. The third kappa shape index (κ3) is 2.64. The van der Waals surface area contributed by atoms with Crippen molar-refractivity contribution in [2.75, 3.05) is 11.1 Å². The standard InChI is InChI=1S/C11H13F2N3O/c1-5-2-9(5)15-11(17)16-10-4-8(14)6(12)3-7(10)13/h3-5,9H,2,14H2,1H3,(H2,15,16,17). The van der Waals surface area contributed by atoms with Gasteiger partial charge in [-0.25, -0.2) is 13.6 Å². The van der Waals surface area contributed by atoms with Crippen LogP contribution in [0.15, 0.2) is 12.1 Å². The van der Waals surface area contributed by atoms with E-state index in [2.05, 4.69) is 10.6 Å². The lowest BCUT2D eigenvalue weighted by Crippen LogP contribution is -2.31. The number of halogens is 2. The number of carbonyl (C=O) groups excluding carboxylic acids is 1. The summed E-state index contributed by atoms with van der Waals surface area (Å²) >= 11 is 0. The minimum atomic E-state index is -0.851. The lowest BCUT2D eigenvalue weighted by molar-refractivity contribution is 0.251. The third-order valence-corrected chi connectivity index (χ3v) is 2.76. The van der Waals surface area contributed by atoms with Crippen LogP contribution in [0.25, 0.3) is 0 Å². The first kappa shape index (κ1) is 11.6. The van der Waals surface area contributed by atoms with Gasteiger partial charge in [-0.05, 0) is 18.4 Å². The molecule has 2 rings (SSSR count). The average Bonchev–Trinajstić information content (AvgIpc) is 2.90. The highest BCUT2D eigenvalue weighted by molar-refractivity contribution is 5.90. The highest BCUT2D eigenvalue weighted by atomic mass is 19.1. The molecule has 0 saturated heterocycles. The molecule has 0 spiro atoms. The molecule has 0 aromatic heterocycles. The SMILES string of the molecule is CC1CC1NC(=O)Nc1cc(N)c(F)cc1F. The van der Waals surface area contributed by atoms with Crippen molar-refractivity contribution in [2.45, 2.75) is 19.4 Å². The second-order valence-electron chi connectivity index (χ2n) is 4.27. The summed E-state index contributed by atoms with van der Waals surface area (Å²) in [6.45, 7) is 2.00. The molecule has 1 aliphatic rings. The Balaban J connectivity index is 2.02. The molecule has 2 amide bonds. The van der Waals surface area contributed by atoms with Crippen LogP contribution >= 0.6 is 0 Å². The molecular weight excluding hydrogens is 228 g/mol. The Hall–Kier alpha value is -1.85. The maximum atomic E-state index is 13.3. The monoisotopic (exact) mass is 241 g/mol. The molecule has 1 aromatic carbocycles. The van der Waals surface area contributed by atoms with Crippen LogP contribution in [-0.4, -0.2) is 12.1 Å². The second kappa shape index (κ2) is 4.20. The molecule has 17 heavy (non-hydrogen) atoms. The summed E-state index contributed by atoms with van der Waals surface area (Å²) < 4.78 is 26.2. The molecule has 4 N–H and O–H groups in total. The number of nitrogen functional groups attached to an aromatic ring is 1. The van der Waals surface area contributed by atoms with Crippen molar-refractivity contribution >= 4 is 17.4 Å². The van der Waals surface area contributed by atoms with Gasteiger partial charge in [-0.15, -0.1) is 0 Å². The Morgan fingerprint density at radius 1 is 1.41 bits per heavy atom. The maximum Gasteiger partial charge on any atom is 0.319 e. The Bertz CT molecular complexity index is 464. The summed E-state index contributed by atoms with van der Waals surface area (Å²) in [7, 11) is 0. The van der Waals surface area contributed by atoms with Crippen molar-refractivity contribution in [1.82, 2.24) is 5.32 Å². The first-order chi connectivity index (χ1) is 7.97. The van der Waals surface area contributed by atoms with E-state index in [-0.39, 0.29) is 17.4 Å². The summed E-state index contributed by atoms with van der Waals surface area (Å²) in [5, 5.41) is 4.96. The van der Waals surface area contributed by atoms with E-state index in [4.69, 9.17) is 5.73 Å². The number of nitrogens with one attached hydrogen (secondary N) is 2. The maximum absolute atomic E-state index is 13.3. The van der Waals surface area contributed by atoms with Gasteiger partial charge in [-0.2, -0.15) is 0 Å². The molecule has 0 radical (unpaired) electrons. The van der Waals surface area contributed by atoms with Gasteiger partial charge in [0.2, 0.25) is 0 Å². The van der Waals surface area contributed by atoms with Crippen LogP contribution in [0, 0.1) is 17.6 Å². The fraction of sp³-hybridized carbons (Fsp3) is 0.364. The van der Waals surface area contributed by atoms with Crippen LogP contribution in [0.1, 0.15) is 13.3 Å². The van der Waals surface area contributed by atoms with Gasteiger partial charge in [0.15, 0.2) is 0 Å². The first-order valence-electron chi connectivity index (χ1n) is 5.29. The topological polar surface area (TPSA) is 67.2 Å². The average molecular weight is 241 g/mol. The Labute approximate surface area is 97.2 Å². The second-order valence-corrected chi connectivity index (χ2v) is 4.27. The largest absolute Gasteiger partial charge is 0.396 e. The molecule has 0 heterocycles. The molecule has 6 heteroatoms. The number of urea groups is 1. The normalized spacial score (nSPS) is 22.1. The van der Waals surface area contributed by atoms with E-state index in [1.807, 2.05) is 6.92 Å². The molecule has 0 aliphatic heterocycles. The van der Waals surface area contributed by atoms with Crippen LogP contribution in [0.5, 0.6) is 0 Å². The molecular formula is C11H13F2N3O. The molecule has 0 bridgehead atoms. The van der Waals surface area contributed by atoms with Crippen LogP contribution < -0.4 is 16.4 Å². The van der Waals surface area contributed by atoms with Gasteiger partial charge in [0.05, 0.1) is 11.4 Å². The Kier molecular flexibility index (Phi) is 2.87. The van der Waals surface area contributed by atoms with Crippen molar-refractivity contribution < 1.29 is 13.6 Å². The van der Waals surface area contributed by atoms with Crippen LogP contribution in [0.3, 0.4) is 0 Å². The number of hydrogen-bond donors (Lipinski definition) is 3. The zero-order valence-corrected chi connectivity index (χ0v) is 9.26. The van der Waals surface area contributed by atoms with Gasteiger partial charge in [-0.1, -0.05) is 6.92 Å². The number of benzene rings is 1. The molecule has 92 valence electrons. The molecule has 1 saturated carbocycles. The number of amides is 2. The zero-order chi connectivity index (χ0) is 12.6. The van der Waals surface area contributed by atoms with Crippen LogP contribution in [0.2, 0.25) is 0 Å². The summed E-state index contributed by atoms with van der Waals surface area (Å²) in [6, 6.07) is 1.32. The predicted molar refractivity (Wildman–Crippen MR) is 60.5 cm³/mol. The third-order valence-electron chi connectivity index (χ3n) is 2.76. The van der Waals surface area contributed by atoms with Gasteiger partial charge in [0.25, 0.3) is 0 Å². The fourth-order valence-corrected chi connectivity index (χ4v) is 1.51. The molecule has 2 atom stereocenters. The number of anilines is 2. The quantitative estimate of drug-likeness (QED) is 0.694. The van der Waals surface area contributed by atoms with Crippen molar-refractivity contribution in [1.29, 1.82) is 0 Å². The summed E-state index contributed by atoms with van der Waals surface area (Å²) in [5.74, 6) is -1.25.